The molecule has 8 nitrogen and oxygen atoms in total. The third-order valence-corrected chi connectivity index (χ3v) is 8.14. The fourth-order valence-corrected chi connectivity index (χ4v) is 5.68. The standard InChI is InChI=1S/C22H31N5O3S/c1-18(22-23-11-10-21(24-22)26-12-4-3-5-13-26)25-14-16-27(17-15-25)31(28,29)20-8-6-19(30-2)7-9-20/h6-11,18H,3-5,12-17H2,1-2H3. The van der Waals surface area contributed by atoms with E-state index < -0.39 is 10.0 Å². The molecule has 31 heavy (non-hydrogen) atoms. The van der Waals surface area contributed by atoms with Crippen molar-refractivity contribution >= 4 is 15.8 Å². The number of benzene rings is 1. The van der Waals surface area contributed by atoms with E-state index in [1.165, 1.54) is 19.3 Å². The number of hydrogen-bond acceptors (Lipinski definition) is 7. The Labute approximate surface area is 184 Å². The van der Waals surface area contributed by atoms with Crippen LogP contribution in [0.5, 0.6) is 5.75 Å². The van der Waals surface area contributed by atoms with Crippen molar-refractivity contribution in [2.45, 2.75) is 37.1 Å². The predicted octanol–water partition coefficient (Wildman–Crippen LogP) is 2.54. The van der Waals surface area contributed by atoms with Gasteiger partial charge in [-0.1, -0.05) is 0 Å². The number of aromatic nitrogens is 2. The summed E-state index contributed by atoms with van der Waals surface area (Å²) < 4.78 is 32.7. The highest BCUT2D eigenvalue weighted by Crippen LogP contribution is 2.25. The Morgan fingerprint density at radius 2 is 1.61 bits per heavy atom. The predicted molar refractivity (Wildman–Crippen MR) is 120 cm³/mol. The molecule has 0 radical (unpaired) electrons. The van der Waals surface area contributed by atoms with Crippen molar-refractivity contribution < 1.29 is 13.2 Å². The first-order valence-corrected chi connectivity index (χ1v) is 12.4. The normalized spacial score (nSPS) is 19.9. The van der Waals surface area contributed by atoms with Gasteiger partial charge in [0.2, 0.25) is 10.0 Å². The van der Waals surface area contributed by atoms with Crippen LogP contribution < -0.4 is 9.64 Å². The summed E-state index contributed by atoms with van der Waals surface area (Å²) in [5.41, 5.74) is 0. The molecule has 0 spiro atoms. The summed E-state index contributed by atoms with van der Waals surface area (Å²) in [7, 11) is -1.94. The molecule has 0 aliphatic carbocycles. The minimum atomic E-state index is -3.51. The summed E-state index contributed by atoms with van der Waals surface area (Å²) in [6.45, 7) is 6.39. The van der Waals surface area contributed by atoms with Gasteiger partial charge in [-0.15, -0.1) is 0 Å². The Bertz CT molecular complexity index is 969. The molecule has 1 unspecified atom stereocenters. The number of rotatable bonds is 6. The van der Waals surface area contributed by atoms with Crippen molar-refractivity contribution in [2.75, 3.05) is 51.3 Å². The molecule has 3 heterocycles. The second kappa shape index (κ2) is 9.50. The summed E-state index contributed by atoms with van der Waals surface area (Å²) >= 11 is 0. The number of methoxy groups -OCH3 is 1. The van der Waals surface area contributed by atoms with Crippen molar-refractivity contribution in [1.82, 2.24) is 19.2 Å². The first-order chi connectivity index (χ1) is 15.0. The van der Waals surface area contributed by atoms with Gasteiger partial charge in [-0.3, -0.25) is 4.90 Å². The zero-order valence-electron chi connectivity index (χ0n) is 18.3. The molecule has 0 N–H and O–H groups in total. The minimum absolute atomic E-state index is 0.0376. The van der Waals surface area contributed by atoms with Crippen LogP contribution in [0.25, 0.3) is 0 Å². The lowest BCUT2D eigenvalue weighted by Crippen LogP contribution is -2.49. The molecule has 1 aromatic heterocycles. The van der Waals surface area contributed by atoms with Crippen molar-refractivity contribution in [2.24, 2.45) is 0 Å². The molecule has 2 saturated heterocycles. The van der Waals surface area contributed by atoms with Gasteiger partial charge in [0.1, 0.15) is 17.4 Å². The molecular weight excluding hydrogens is 414 g/mol. The quantitative estimate of drug-likeness (QED) is 0.676. The maximum Gasteiger partial charge on any atom is 0.243 e. The summed E-state index contributed by atoms with van der Waals surface area (Å²) in [6.07, 6.45) is 5.54. The van der Waals surface area contributed by atoms with Gasteiger partial charge < -0.3 is 9.64 Å². The van der Waals surface area contributed by atoms with Crippen LogP contribution in [-0.2, 0) is 10.0 Å². The molecule has 2 aliphatic heterocycles. The van der Waals surface area contributed by atoms with Crippen molar-refractivity contribution in [3.8, 4) is 5.75 Å². The van der Waals surface area contributed by atoms with Gasteiger partial charge in [-0.2, -0.15) is 4.31 Å². The molecule has 168 valence electrons. The molecule has 4 rings (SSSR count). The van der Waals surface area contributed by atoms with Gasteiger partial charge in [0.25, 0.3) is 0 Å². The highest BCUT2D eigenvalue weighted by Gasteiger charge is 2.31. The Balaban J connectivity index is 1.40. The van der Waals surface area contributed by atoms with Crippen molar-refractivity contribution in [3.63, 3.8) is 0 Å². The first kappa shape index (κ1) is 22.0. The van der Waals surface area contributed by atoms with Crippen LogP contribution >= 0.6 is 0 Å². The molecule has 2 aliphatic rings. The summed E-state index contributed by atoms with van der Waals surface area (Å²) in [5, 5.41) is 0. The van der Waals surface area contributed by atoms with Crippen LogP contribution in [0.3, 0.4) is 0 Å². The molecule has 1 aromatic carbocycles. The maximum atomic E-state index is 13.0. The fraction of sp³-hybridized carbons (Fsp3) is 0.545. The summed E-state index contributed by atoms with van der Waals surface area (Å²) in [4.78, 5) is 14.2. The molecule has 2 fully saturated rings. The molecule has 0 saturated carbocycles. The Hall–Kier alpha value is -2.23. The zero-order chi connectivity index (χ0) is 21.8. The van der Waals surface area contributed by atoms with Crippen molar-refractivity contribution in [1.29, 1.82) is 0 Å². The lowest BCUT2D eigenvalue weighted by molar-refractivity contribution is 0.141. The number of sulfonamides is 1. The lowest BCUT2D eigenvalue weighted by atomic mass is 10.1. The van der Waals surface area contributed by atoms with E-state index in [2.05, 4.69) is 21.7 Å². The number of piperazine rings is 1. The van der Waals surface area contributed by atoms with Gasteiger partial charge >= 0.3 is 0 Å². The van der Waals surface area contributed by atoms with Gasteiger partial charge in [-0.25, -0.2) is 18.4 Å². The highest BCUT2D eigenvalue weighted by molar-refractivity contribution is 7.89. The largest absolute Gasteiger partial charge is 0.497 e. The molecule has 1 atom stereocenters. The van der Waals surface area contributed by atoms with E-state index in [4.69, 9.17) is 9.72 Å². The van der Waals surface area contributed by atoms with E-state index in [9.17, 15) is 8.42 Å². The molecule has 0 bridgehead atoms. The Kier molecular flexibility index (Phi) is 6.74. The number of nitrogens with zero attached hydrogens (tertiary/aromatic N) is 5. The van der Waals surface area contributed by atoms with Crippen molar-refractivity contribution in [3.05, 3.63) is 42.4 Å². The highest BCUT2D eigenvalue weighted by atomic mass is 32.2. The molecule has 2 aromatic rings. The number of anilines is 1. The summed E-state index contributed by atoms with van der Waals surface area (Å²) in [5.74, 6) is 2.44. The minimum Gasteiger partial charge on any atom is -0.497 e. The monoisotopic (exact) mass is 445 g/mol. The van der Waals surface area contributed by atoms with Gasteiger partial charge in [0, 0.05) is 45.5 Å². The number of piperidine rings is 1. The molecular formula is C22H31N5O3S. The third-order valence-electron chi connectivity index (χ3n) is 6.23. The van der Waals surface area contributed by atoms with Gasteiger partial charge in [0.05, 0.1) is 18.0 Å². The van der Waals surface area contributed by atoms with E-state index in [1.54, 1.807) is 35.7 Å². The van der Waals surface area contributed by atoms with E-state index >= 15 is 0 Å². The Morgan fingerprint density at radius 1 is 0.935 bits per heavy atom. The van der Waals surface area contributed by atoms with Crippen LogP contribution in [0, 0.1) is 0 Å². The van der Waals surface area contributed by atoms with E-state index in [0.29, 0.717) is 36.8 Å². The maximum absolute atomic E-state index is 13.0. The average Bonchev–Trinajstić information content (AvgIpc) is 2.84. The van der Waals surface area contributed by atoms with E-state index in [0.717, 1.165) is 24.7 Å². The van der Waals surface area contributed by atoms with Crippen LogP contribution in [0.4, 0.5) is 5.82 Å². The van der Waals surface area contributed by atoms with Gasteiger partial charge in [-0.05, 0) is 56.5 Å². The smallest absolute Gasteiger partial charge is 0.243 e. The summed E-state index contributed by atoms with van der Waals surface area (Å²) in [6, 6.07) is 8.58. The number of ether oxygens (including phenoxy) is 1. The van der Waals surface area contributed by atoms with E-state index in [-0.39, 0.29) is 6.04 Å². The van der Waals surface area contributed by atoms with Gasteiger partial charge in [0.15, 0.2) is 0 Å². The molecule has 0 amide bonds. The SMILES string of the molecule is COc1ccc(S(=O)(=O)N2CCN(C(C)c3nccc(N4CCCCC4)n3)CC2)cc1. The van der Waals surface area contributed by atoms with Crippen LogP contribution in [-0.4, -0.2) is 74.0 Å². The Morgan fingerprint density at radius 3 is 2.26 bits per heavy atom. The fourth-order valence-electron chi connectivity index (χ4n) is 4.26. The topological polar surface area (TPSA) is 78.9 Å². The average molecular weight is 446 g/mol. The first-order valence-electron chi connectivity index (χ1n) is 10.9. The molecule has 9 heteroatoms. The van der Waals surface area contributed by atoms with Crippen LogP contribution in [0.1, 0.15) is 38.1 Å². The zero-order valence-corrected chi connectivity index (χ0v) is 19.1. The van der Waals surface area contributed by atoms with Crippen LogP contribution in [0.2, 0.25) is 0 Å². The second-order valence-corrected chi connectivity index (χ2v) is 10.1. The van der Waals surface area contributed by atoms with Crippen LogP contribution in [0.15, 0.2) is 41.4 Å². The lowest BCUT2D eigenvalue weighted by Gasteiger charge is -2.37. The van der Waals surface area contributed by atoms with E-state index in [1.807, 2.05) is 12.3 Å². The third kappa shape index (κ3) is 4.83. The second-order valence-electron chi connectivity index (χ2n) is 8.11. The number of hydrogen-bond donors (Lipinski definition) is 0.